The Morgan fingerprint density at radius 1 is 1.58 bits per heavy atom. The normalized spacial score (nSPS) is 9.50. The Balaban J connectivity index is 2.91. The average Bonchev–Trinajstić information content (AvgIpc) is 2.04. The van der Waals surface area contributed by atoms with Gasteiger partial charge in [0.05, 0.1) is 11.7 Å². The lowest BCUT2D eigenvalue weighted by molar-refractivity contribution is 0.241. The molecule has 0 aliphatic heterocycles. The Bertz CT molecular complexity index is 294. The lowest BCUT2D eigenvalue weighted by Gasteiger charge is -2.10. The first-order valence-electron chi connectivity index (χ1n) is 3.88. The summed E-state index contributed by atoms with van der Waals surface area (Å²) in [6.07, 6.45) is 5.41. The van der Waals surface area contributed by atoms with Crippen molar-refractivity contribution < 1.29 is 4.74 Å². The van der Waals surface area contributed by atoms with Gasteiger partial charge in [0.1, 0.15) is 5.75 Å². The fraction of sp³-hybridized carbons (Fsp3) is 0.273. The van der Waals surface area contributed by atoms with E-state index in [0.29, 0.717) is 5.56 Å². The monoisotopic (exact) mass is 159 g/mol. The standard InChI is InChI=1S/C11H11O/c1-4-10-7-5-6-8-11(10)12-9(2)3/h1,5-6,8-9H,2-3H3. The van der Waals surface area contributed by atoms with Gasteiger partial charge in [-0.1, -0.05) is 18.1 Å². The van der Waals surface area contributed by atoms with Gasteiger partial charge in [-0.15, -0.1) is 6.42 Å². The molecule has 0 saturated heterocycles. The maximum Gasteiger partial charge on any atom is 0.135 e. The van der Waals surface area contributed by atoms with E-state index in [1.807, 2.05) is 26.0 Å². The van der Waals surface area contributed by atoms with E-state index in [4.69, 9.17) is 11.2 Å². The first kappa shape index (κ1) is 8.67. The summed E-state index contributed by atoms with van der Waals surface area (Å²) in [6, 6.07) is 8.42. The summed E-state index contributed by atoms with van der Waals surface area (Å²) in [5, 5.41) is 0. The molecule has 0 fully saturated rings. The molecule has 61 valence electrons. The van der Waals surface area contributed by atoms with Crippen LogP contribution in [0.25, 0.3) is 0 Å². The Kier molecular flexibility index (Phi) is 2.76. The van der Waals surface area contributed by atoms with Crippen molar-refractivity contribution in [2.75, 3.05) is 0 Å². The second kappa shape index (κ2) is 3.82. The van der Waals surface area contributed by atoms with Crippen molar-refractivity contribution in [2.45, 2.75) is 20.0 Å². The third kappa shape index (κ3) is 2.03. The zero-order chi connectivity index (χ0) is 8.97. The van der Waals surface area contributed by atoms with Crippen molar-refractivity contribution in [3.05, 3.63) is 29.8 Å². The Labute approximate surface area is 73.4 Å². The molecule has 0 aliphatic rings. The molecule has 0 heterocycles. The minimum Gasteiger partial charge on any atom is -0.490 e. The van der Waals surface area contributed by atoms with Gasteiger partial charge in [0, 0.05) is 6.07 Å². The molecule has 0 unspecified atom stereocenters. The molecule has 0 amide bonds. The van der Waals surface area contributed by atoms with Gasteiger partial charge < -0.3 is 4.74 Å². The summed E-state index contributed by atoms with van der Waals surface area (Å²) in [5.41, 5.74) is 0.686. The minimum atomic E-state index is 0.146. The Hall–Kier alpha value is -1.42. The van der Waals surface area contributed by atoms with Crippen LogP contribution in [0.3, 0.4) is 0 Å². The van der Waals surface area contributed by atoms with Gasteiger partial charge in [0.15, 0.2) is 0 Å². The summed E-state index contributed by atoms with van der Waals surface area (Å²) < 4.78 is 5.46. The minimum absolute atomic E-state index is 0.146. The zero-order valence-corrected chi connectivity index (χ0v) is 7.29. The van der Waals surface area contributed by atoms with Crippen LogP contribution < -0.4 is 4.74 Å². The Morgan fingerprint density at radius 3 is 2.92 bits per heavy atom. The maximum atomic E-state index is 5.46. The van der Waals surface area contributed by atoms with E-state index < -0.39 is 0 Å². The van der Waals surface area contributed by atoms with Crippen molar-refractivity contribution in [1.29, 1.82) is 0 Å². The molecule has 1 aromatic rings. The van der Waals surface area contributed by atoms with Crippen molar-refractivity contribution in [3.8, 4) is 18.1 Å². The number of hydrogen-bond acceptors (Lipinski definition) is 1. The molecule has 0 saturated carbocycles. The highest BCUT2D eigenvalue weighted by molar-refractivity contribution is 5.43. The fourth-order valence-corrected chi connectivity index (χ4v) is 0.886. The molecule has 0 aromatic heterocycles. The highest BCUT2D eigenvalue weighted by Crippen LogP contribution is 2.17. The van der Waals surface area contributed by atoms with Gasteiger partial charge in [-0.05, 0) is 19.9 Å². The predicted molar refractivity (Wildman–Crippen MR) is 49.0 cm³/mol. The van der Waals surface area contributed by atoms with Gasteiger partial charge >= 0.3 is 0 Å². The Morgan fingerprint density at radius 2 is 2.33 bits per heavy atom. The van der Waals surface area contributed by atoms with Crippen LogP contribution in [0.1, 0.15) is 19.4 Å². The first-order valence-corrected chi connectivity index (χ1v) is 3.88. The zero-order valence-electron chi connectivity index (χ0n) is 7.29. The van der Waals surface area contributed by atoms with Gasteiger partial charge in [-0.2, -0.15) is 0 Å². The van der Waals surface area contributed by atoms with Crippen LogP contribution in [-0.4, -0.2) is 6.10 Å². The second-order valence-corrected chi connectivity index (χ2v) is 2.72. The predicted octanol–water partition coefficient (Wildman–Crippen LogP) is 2.26. The molecule has 1 nitrogen and oxygen atoms in total. The first-order chi connectivity index (χ1) is 5.74. The van der Waals surface area contributed by atoms with E-state index in [1.165, 1.54) is 0 Å². The number of hydrogen-bond donors (Lipinski definition) is 0. The van der Waals surface area contributed by atoms with Crippen molar-refractivity contribution >= 4 is 0 Å². The van der Waals surface area contributed by atoms with Crippen molar-refractivity contribution in [1.82, 2.24) is 0 Å². The topological polar surface area (TPSA) is 9.23 Å². The molecule has 1 rings (SSSR count). The van der Waals surface area contributed by atoms with E-state index in [-0.39, 0.29) is 6.10 Å². The molecule has 1 heteroatoms. The molecular formula is C11H11O. The largest absolute Gasteiger partial charge is 0.490 e. The van der Waals surface area contributed by atoms with Crippen molar-refractivity contribution in [2.24, 2.45) is 0 Å². The number of ether oxygens (including phenoxy) is 1. The molecule has 0 spiro atoms. The molecule has 12 heavy (non-hydrogen) atoms. The van der Waals surface area contributed by atoms with E-state index >= 15 is 0 Å². The van der Waals surface area contributed by atoms with Gasteiger partial charge in [-0.25, -0.2) is 0 Å². The molecule has 0 bridgehead atoms. The average molecular weight is 159 g/mol. The van der Waals surface area contributed by atoms with Crippen LogP contribution >= 0.6 is 0 Å². The number of rotatable bonds is 2. The summed E-state index contributed by atoms with van der Waals surface area (Å²) in [6.45, 7) is 3.93. The molecular weight excluding hydrogens is 148 g/mol. The highest BCUT2D eigenvalue weighted by atomic mass is 16.5. The summed E-state index contributed by atoms with van der Waals surface area (Å²) in [5.74, 6) is 3.25. The smallest absolute Gasteiger partial charge is 0.135 e. The summed E-state index contributed by atoms with van der Waals surface area (Å²) in [4.78, 5) is 0. The number of benzene rings is 1. The van der Waals surface area contributed by atoms with Gasteiger partial charge in [-0.3, -0.25) is 0 Å². The van der Waals surface area contributed by atoms with Crippen LogP contribution in [-0.2, 0) is 0 Å². The molecule has 0 aliphatic carbocycles. The molecule has 1 radical (unpaired) electrons. The van der Waals surface area contributed by atoms with Gasteiger partial charge in [0.25, 0.3) is 0 Å². The fourth-order valence-electron chi connectivity index (χ4n) is 0.886. The maximum absolute atomic E-state index is 5.46. The van der Waals surface area contributed by atoms with Crippen LogP contribution in [0.4, 0.5) is 0 Å². The van der Waals surface area contributed by atoms with Gasteiger partial charge in [0.2, 0.25) is 0 Å². The lowest BCUT2D eigenvalue weighted by atomic mass is 10.2. The van der Waals surface area contributed by atoms with E-state index in [1.54, 1.807) is 6.07 Å². The van der Waals surface area contributed by atoms with Crippen LogP contribution in [0, 0.1) is 18.4 Å². The quantitative estimate of drug-likeness (QED) is 0.601. The summed E-state index contributed by atoms with van der Waals surface area (Å²) >= 11 is 0. The SMILES string of the molecule is C#Cc1[c]cccc1OC(C)C. The van der Waals surface area contributed by atoms with Crippen LogP contribution in [0.2, 0.25) is 0 Å². The van der Waals surface area contributed by atoms with E-state index in [2.05, 4.69) is 12.0 Å². The molecule has 0 N–H and O–H groups in total. The molecule has 1 aromatic carbocycles. The van der Waals surface area contributed by atoms with Crippen LogP contribution in [0.5, 0.6) is 5.75 Å². The summed E-state index contributed by atoms with van der Waals surface area (Å²) in [7, 11) is 0. The number of terminal acetylenes is 1. The lowest BCUT2D eigenvalue weighted by Crippen LogP contribution is -2.06. The third-order valence-electron chi connectivity index (χ3n) is 1.32. The second-order valence-electron chi connectivity index (χ2n) is 2.72. The third-order valence-corrected chi connectivity index (χ3v) is 1.32. The van der Waals surface area contributed by atoms with E-state index in [9.17, 15) is 0 Å². The van der Waals surface area contributed by atoms with Crippen LogP contribution in [0.15, 0.2) is 18.2 Å². The van der Waals surface area contributed by atoms with Crippen molar-refractivity contribution in [3.63, 3.8) is 0 Å². The highest BCUT2D eigenvalue weighted by Gasteiger charge is 2.01. The molecule has 0 atom stereocenters. The van der Waals surface area contributed by atoms with E-state index in [0.717, 1.165) is 5.75 Å².